The number of nitrogen functional groups attached to an aromatic ring is 1. The highest BCUT2D eigenvalue weighted by atomic mass is 35.5. The van der Waals surface area contributed by atoms with Gasteiger partial charge in [-0.3, -0.25) is 4.79 Å². The molecular formula is C15H11Cl2N3O. The van der Waals surface area contributed by atoms with E-state index in [1.807, 2.05) is 12.1 Å². The van der Waals surface area contributed by atoms with Crippen molar-refractivity contribution in [2.24, 2.45) is 0 Å². The van der Waals surface area contributed by atoms with E-state index in [0.717, 1.165) is 5.56 Å². The van der Waals surface area contributed by atoms with E-state index in [4.69, 9.17) is 34.2 Å². The Morgan fingerprint density at radius 2 is 2.05 bits per heavy atom. The summed E-state index contributed by atoms with van der Waals surface area (Å²) in [6, 6.07) is 12.0. The Balaban J connectivity index is 2.14. The maximum Gasteiger partial charge on any atom is 0.253 e. The molecule has 0 atom stereocenters. The van der Waals surface area contributed by atoms with E-state index in [1.165, 1.54) is 12.1 Å². The highest BCUT2D eigenvalue weighted by molar-refractivity contribution is 6.44. The zero-order valence-electron chi connectivity index (χ0n) is 10.9. The molecule has 21 heavy (non-hydrogen) atoms. The van der Waals surface area contributed by atoms with E-state index in [1.54, 1.807) is 18.2 Å². The standard InChI is InChI=1S/C15H11Cl2N3O/c16-13-6-11(19)5-12(14(13)17)15(21)20-8-10-3-1-2-9(4-10)7-18/h1-6H,8,19H2,(H,20,21). The first-order valence-corrected chi connectivity index (χ1v) is 6.78. The number of nitrogens with one attached hydrogen (secondary N) is 1. The molecule has 2 aromatic rings. The number of carbonyl (C=O) groups is 1. The van der Waals surface area contributed by atoms with Crippen LogP contribution in [0.1, 0.15) is 21.5 Å². The molecule has 106 valence electrons. The summed E-state index contributed by atoms with van der Waals surface area (Å²) in [5.41, 5.74) is 7.58. The molecule has 4 nitrogen and oxygen atoms in total. The second kappa shape index (κ2) is 6.49. The van der Waals surface area contributed by atoms with E-state index in [2.05, 4.69) is 5.32 Å². The maximum atomic E-state index is 12.1. The molecular weight excluding hydrogens is 309 g/mol. The number of nitrogens with zero attached hydrogens (tertiary/aromatic N) is 1. The number of benzene rings is 2. The number of carbonyl (C=O) groups excluding carboxylic acids is 1. The van der Waals surface area contributed by atoms with Crippen molar-refractivity contribution in [2.75, 3.05) is 5.73 Å². The molecule has 2 rings (SSSR count). The van der Waals surface area contributed by atoms with Crippen molar-refractivity contribution < 1.29 is 4.79 Å². The zero-order valence-corrected chi connectivity index (χ0v) is 12.4. The van der Waals surface area contributed by atoms with E-state index in [-0.39, 0.29) is 28.1 Å². The fourth-order valence-electron chi connectivity index (χ4n) is 1.80. The smallest absolute Gasteiger partial charge is 0.253 e. The van der Waals surface area contributed by atoms with Crippen molar-refractivity contribution in [2.45, 2.75) is 6.54 Å². The summed E-state index contributed by atoms with van der Waals surface area (Å²) in [6.07, 6.45) is 0. The van der Waals surface area contributed by atoms with Gasteiger partial charge in [0.25, 0.3) is 5.91 Å². The van der Waals surface area contributed by atoms with Crippen LogP contribution in [-0.2, 0) is 6.54 Å². The summed E-state index contributed by atoms with van der Waals surface area (Å²) in [4.78, 5) is 12.1. The average molecular weight is 320 g/mol. The molecule has 0 saturated heterocycles. The Morgan fingerprint density at radius 3 is 2.76 bits per heavy atom. The van der Waals surface area contributed by atoms with Crippen LogP contribution in [0, 0.1) is 11.3 Å². The summed E-state index contributed by atoms with van der Waals surface area (Å²) in [7, 11) is 0. The minimum atomic E-state index is -0.378. The second-order valence-electron chi connectivity index (χ2n) is 4.36. The van der Waals surface area contributed by atoms with E-state index in [9.17, 15) is 4.79 Å². The lowest BCUT2D eigenvalue weighted by molar-refractivity contribution is 0.0951. The van der Waals surface area contributed by atoms with Crippen LogP contribution in [0.4, 0.5) is 5.69 Å². The molecule has 0 saturated carbocycles. The van der Waals surface area contributed by atoms with Gasteiger partial charge in [0.05, 0.1) is 27.2 Å². The SMILES string of the molecule is N#Cc1cccc(CNC(=O)c2cc(N)cc(Cl)c2Cl)c1. The Morgan fingerprint density at radius 1 is 1.29 bits per heavy atom. The molecule has 0 bridgehead atoms. The molecule has 6 heteroatoms. The lowest BCUT2D eigenvalue weighted by atomic mass is 10.1. The number of halogens is 2. The molecule has 0 aliphatic carbocycles. The van der Waals surface area contributed by atoms with Crippen molar-refractivity contribution in [3.63, 3.8) is 0 Å². The van der Waals surface area contributed by atoms with Crippen molar-refractivity contribution >= 4 is 34.8 Å². The maximum absolute atomic E-state index is 12.1. The van der Waals surface area contributed by atoms with E-state index >= 15 is 0 Å². The van der Waals surface area contributed by atoms with Gasteiger partial charge in [-0.2, -0.15) is 5.26 Å². The number of rotatable bonds is 3. The van der Waals surface area contributed by atoms with Gasteiger partial charge in [-0.15, -0.1) is 0 Å². The van der Waals surface area contributed by atoms with Gasteiger partial charge in [0.1, 0.15) is 0 Å². The molecule has 1 amide bonds. The fraction of sp³-hybridized carbons (Fsp3) is 0.0667. The summed E-state index contributed by atoms with van der Waals surface area (Å²) in [5.74, 6) is -0.378. The minimum absolute atomic E-state index is 0.161. The summed E-state index contributed by atoms with van der Waals surface area (Å²) in [5, 5.41) is 11.9. The first-order valence-electron chi connectivity index (χ1n) is 6.03. The van der Waals surface area contributed by atoms with Gasteiger partial charge >= 0.3 is 0 Å². The van der Waals surface area contributed by atoms with Crippen LogP contribution >= 0.6 is 23.2 Å². The average Bonchev–Trinajstić information content (AvgIpc) is 2.48. The van der Waals surface area contributed by atoms with Crippen molar-refractivity contribution in [3.05, 3.63) is 63.1 Å². The zero-order chi connectivity index (χ0) is 15.4. The molecule has 0 spiro atoms. The first kappa shape index (κ1) is 15.2. The predicted octanol–water partition coefficient (Wildman–Crippen LogP) is 3.38. The van der Waals surface area contributed by atoms with Crippen LogP contribution in [0.3, 0.4) is 0 Å². The van der Waals surface area contributed by atoms with E-state index < -0.39 is 0 Å². The summed E-state index contributed by atoms with van der Waals surface area (Å²) in [6.45, 7) is 0.275. The third-order valence-corrected chi connectivity index (χ3v) is 3.61. The third-order valence-electron chi connectivity index (χ3n) is 2.80. The Kier molecular flexibility index (Phi) is 4.69. The molecule has 0 aliphatic rings. The molecule has 0 radical (unpaired) electrons. The quantitative estimate of drug-likeness (QED) is 0.851. The van der Waals surface area contributed by atoms with E-state index in [0.29, 0.717) is 11.3 Å². The van der Waals surface area contributed by atoms with Gasteiger partial charge in [-0.25, -0.2) is 0 Å². The normalized spacial score (nSPS) is 9.95. The molecule has 3 N–H and O–H groups in total. The lowest BCUT2D eigenvalue weighted by Crippen LogP contribution is -2.23. The number of nitriles is 1. The third kappa shape index (κ3) is 3.66. The molecule has 0 aromatic heterocycles. The van der Waals surface area contributed by atoms with Crippen LogP contribution in [0.5, 0.6) is 0 Å². The van der Waals surface area contributed by atoms with Crippen LogP contribution in [0.2, 0.25) is 10.0 Å². The number of anilines is 1. The highest BCUT2D eigenvalue weighted by Gasteiger charge is 2.14. The minimum Gasteiger partial charge on any atom is -0.399 e. The Hall–Kier alpha value is -2.22. The second-order valence-corrected chi connectivity index (χ2v) is 5.14. The van der Waals surface area contributed by atoms with Gasteiger partial charge in [-0.1, -0.05) is 35.3 Å². The fourth-order valence-corrected chi connectivity index (χ4v) is 2.23. The Labute approximate surface area is 132 Å². The number of hydrogen-bond acceptors (Lipinski definition) is 3. The van der Waals surface area contributed by atoms with Gasteiger partial charge in [0.15, 0.2) is 0 Å². The summed E-state index contributed by atoms with van der Waals surface area (Å²) >= 11 is 11.9. The monoisotopic (exact) mass is 319 g/mol. The summed E-state index contributed by atoms with van der Waals surface area (Å²) < 4.78 is 0. The molecule has 0 heterocycles. The van der Waals surface area contributed by atoms with Gasteiger partial charge in [-0.05, 0) is 29.8 Å². The molecule has 0 aliphatic heterocycles. The highest BCUT2D eigenvalue weighted by Crippen LogP contribution is 2.28. The van der Waals surface area contributed by atoms with Gasteiger partial charge in [0, 0.05) is 12.2 Å². The van der Waals surface area contributed by atoms with Crippen molar-refractivity contribution in [3.8, 4) is 6.07 Å². The number of nitrogens with two attached hydrogens (primary N) is 1. The van der Waals surface area contributed by atoms with Gasteiger partial charge in [0.2, 0.25) is 0 Å². The largest absolute Gasteiger partial charge is 0.399 e. The van der Waals surface area contributed by atoms with Crippen LogP contribution in [-0.4, -0.2) is 5.91 Å². The van der Waals surface area contributed by atoms with Crippen LogP contribution in [0.25, 0.3) is 0 Å². The first-order chi connectivity index (χ1) is 10.0. The molecule has 2 aromatic carbocycles. The predicted molar refractivity (Wildman–Crippen MR) is 83.2 cm³/mol. The van der Waals surface area contributed by atoms with Crippen molar-refractivity contribution in [1.82, 2.24) is 5.32 Å². The van der Waals surface area contributed by atoms with Crippen LogP contribution < -0.4 is 11.1 Å². The molecule has 0 fully saturated rings. The topological polar surface area (TPSA) is 78.9 Å². The molecule has 0 unspecified atom stereocenters. The number of hydrogen-bond donors (Lipinski definition) is 2. The number of amides is 1. The van der Waals surface area contributed by atoms with Crippen molar-refractivity contribution in [1.29, 1.82) is 5.26 Å². The van der Waals surface area contributed by atoms with Crippen LogP contribution in [0.15, 0.2) is 36.4 Å². The Bertz CT molecular complexity index is 738. The lowest BCUT2D eigenvalue weighted by Gasteiger charge is -2.09. The van der Waals surface area contributed by atoms with Gasteiger partial charge < -0.3 is 11.1 Å².